The largest absolute Gasteiger partial charge is 0.440 e. The van der Waals surface area contributed by atoms with Gasteiger partial charge in [-0.3, -0.25) is 4.79 Å². The van der Waals surface area contributed by atoms with Crippen molar-refractivity contribution in [2.24, 2.45) is 5.10 Å². The lowest BCUT2D eigenvalue weighted by molar-refractivity contribution is 0.0955. The summed E-state index contributed by atoms with van der Waals surface area (Å²) in [4.78, 5) is 13.5. The molecule has 1 aromatic heterocycles. The van der Waals surface area contributed by atoms with Crippen LogP contribution in [-0.4, -0.2) is 26.2 Å². The van der Waals surface area contributed by atoms with Crippen molar-refractivity contribution in [2.75, 3.05) is 19.0 Å². The van der Waals surface area contributed by atoms with Crippen LogP contribution in [0.5, 0.6) is 0 Å². The number of hydrazone groups is 1. The smallest absolute Gasteiger partial charge is 0.271 e. The molecule has 1 aromatic carbocycles. The van der Waals surface area contributed by atoms with Gasteiger partial charge in [0.1, 0.15) is 5.76 Å². The van der Waals surface area contributed by atoms with Crippen LogP contribution in [0.1, 0.15) is 16.1 Å². The first kappa shape index (κ1) is 12.9. The molecule has 0 unspecified atom stereocenters. The highest BCUT2D eigenvalue weighted by Gasteiger charge is 2.03. The summed E-state index contributed by atoms with van der Waals surface area (Å²) in [5.41, 5.74) is 3.01. The van der Waals surface area contributed by atoms with Crippen molar-refractivity contribution >= 4 is 18.0 Å². The van der Waals surface area contributed by atoms with Gasteiger partial charge >= 0.3 is 0 Å². The van der Waals surface area contributed by atoms with Crippen LogP contribution in [-0.2, 0) is 0 Å². The van der Waals surface area contributed by atoms with Gasteiger partial charge in [0.2, 0.25) is 0 Å². The first-order valence-corrected chi connectivity index (χ1v) is 5.82. The van der Waals surface area contributed by atoms with Crippen LogP contribution in [0.4, 0.5) is 5.88 Å². The number of furan rings is 1. The first-order valence-electron chi connectivity index (χ1n) is 5.82. The zero-order valence-corrected chi connectivity index (χ0v) is 10.8. The minimum absolute atomic E-state index is 0.253. The molecule has 0 radical (unpaired) electrons. The van der Waals surface area contributed by atoms with Gasteiger partial charge in [-0.05, 0) is 18.2 Å². The first-order chi connectivity index (χ1) is 9.16. The highest BCUT2D eigenvalue weighted by atomic mass is 16.4. The third-order valence-corrected chi connectivity index (χ3v) is 2.45. The number of anilines is 1. The van der Waals surface area contributed by atoms with Crippen molar-refractivity contribution in [1.29, 1.82) is 0 Å². The van der Waals surface area contributed by atoms with E-state index in [0.717, 1.165) is 5.88 Å². The lowest BCUT2D eigenvalue weighted by Gasteiger charge is -2.05. The van der Waals surface area contributed by atoms with Crippen LogP contribution >= 0.6 is 0 Å². The summed E-state index contributed by atoms with van der Waals surface area (Å²) in [5, 5.41) is 3.85. The zero-order chi connectivity index (χ0) is 13.7. The van der Waals surface area contributed by atoms with E-state index in [1.54, 1.807) is 30.3 Å². The Balaban J connectivity index is 1.94. The SMILES string of the molecule is CN(C)c1ccc(/C=N\NC(=O)c2ccccc2)o1. The maximum Gasteiger partial charge on any atom is 0.271 e. The fourth-order valence-electron chi connectivity index (χ4n) is 1.46. The average Bonchev–Trinajstić information content (AvgIpc) is 2.89. The number of nitrogens with zero attached hydrogens (tertiary/aromatic N) is 2. The molecule has 0 saturated carbocycles. The molecular weight excluding hydrogens is 242 g/mol. The second-order valence-corrected chi connectivity index (χ2v) is 4.14. The second kappa shape index (κ2) is 5.86. The zero-order valence-electron chi connectivity index (χ0n) is 10.8. The number of carbonyl (C=O) groups excluding carboxylic acids is 1. The Morgan fingerprint density at radius 1 is 1.21 bits per heavy atom. The van der Waals surface area contributed by atoms with Gasteiger partial charge in [0.05, 0.1) is 6.21 Å². The molecule has 5 nitrogen and oxygen atoms in total. The van der Waals surface area contributed by atoms with Crippen LogP contribution in [0.25, 0.3) is 0 Å². The van der Waals surface area contributed by atoms with Crippen LogP contribution in [0, 0.1) is 0 Å². The summed E-state index contributed by atoms with van der Waals surface area (Å²) in [6.07, 6.45) is 1.47. The molecule has 0 aliphatic carbocycles. The summed E-state index contributed by atoms with van der Waals surface area (Å²) in [6, 6.07) is 12.5. The number of hydrogen-bond donors (Lipinski definition) is 1. The standard InChI is InChI=1S/C14H15N3O2/c1-17(2)13-9-8-12(19-13)10-15-16-14(18)11-6-4-3-5-7-11/h3-10H,1-2H3,(H,16,18)/b15-10-. The Hall–Kier alpha value is -2.56. The summed E-state index contributed by atoms with van der Waals surface area (Å²) < 4.78 is 5.46. The Labute approximate surface area is 111 Å². The van der Waals surface area contributed by atoms with E-state index in [2.05, 4.69) is 10.5 Å². The van der Waals surface area contributed by atoms with Crippen molar-refractivity contribution in [2.45, 2.75) is 0 Å². The predicted molar refractivity (Wildman–Crippen MR) is 74.5 cm³/mol. The molecule has 0 aliphatic rings. The maximum atomic E-state index is 11.7. The van der Waals surface area contributed by atoms with Crippen molar-refractivity contribution < 1.29 is 9.21 Å². The van der Waals surface area contributed by atoms with Crippen molar-refractivity contribution in [1.82, 2.24) is 5.43 Å². The number of rotatable bonds is 4. The van der Waals surface area contributed by atoms with Crippen molar-refractivity contribution in [3.63, 3.8) is 0 Å². The highest BCUT2D eigenvalue weighted by molar-refractivity contribution is 5.94. The number of amides is 1. The molecule has 0 fully saturated rings. The van der Waals surface area contributed by atoms with Crippen LogP contribution in [0.15, 0.2) is 52.0 Å². The molecule has 0 aliphatic heterocycles. The molecule has 0 atom stereocenters. The van der Waals surface area contributed by atoms with Gasteiger partial charge in [0.25, 0.3) is 5.91 Å². The van der Waals surface area contributed by atoms with Gasteiger partial charge in [-0.1, -0.05) is 18.2 Å². The molecule has 0 saturated heterocycles. The summed E-state index contributed by atoms with van der Waals surface area (Å²) in [5.74, 6) is 1.06. The number of carbonyl (C=O) groups is 1. The fourth-order valence-corrected chi connectivity index (χ4v) is 1.46. The van der Waals surface area contributed by atoms with Gasteiger partial charge in [-0.25, -0.2) is 5.43 Å². The van der Waals surface area contributed by atoms with E-state index in [1.165, 1.54) is 6.21 Å². The van der Waals surface area contributed by atoms with E-state index in [1.807, 2.05) is 31.1 Å². The molecule has 2 rings (SSSR count). The fraction of sp³-hybridized carbons (Fsp3) is 0.143. The second-order valence-electron chi connectivity index (χ2n) is 4.14. The Morgan fingerprint density at radius 2 is 1.95 bits per heavy atom. The van der Waals surface area contributed by atoms with Gasteiger partial charge < -0.3 is 9.32 Å². The van der Waals surface area contributed by atoms with Gasteiger partial charge in [0, 0.05) is 25.7 Å². The highest BCUT2D eigenvalue weighted by Crippen LogP contribution is 2.13. The minimum Gasteiger partial charge on any atom is -0.440 e. The number of benzene rings is 1. The lowest BCUT2D eigenvalue weighted by Crippen LogP contribution is -2.17. The molecule has 1 N–H and O–H groups in total. The van der Waals surface area contributed by atoms with E-state index < -0.39 is 0 Å². The molecule has 0 spiro atoms. The Bertz CT molecular complexity index is 573. The molecular formula is C14H15N3O2. The van der Waals surface area contributed by atoms with E-state index >= 15 is 0 Å². The molecule has 5 heteroatoms. The third-order valence-electron chi connectivity index (χ3n) is 2.45. The van der Waals surface area contributed by atoms with E-state index in [4.69, 9.17) is 4.42 Å². The molecule has 0 bridgehead atoms. The summed E-state index contributed by atoms with van der Waals surface area (Å²) >= 11 is 0. The van der Waals surface area contributed by atoms with E-state index in [0.29, 0.717) is 11.3 Å². The van der Waals surface area contributed by atoms with E-state index in [-0.39, 0.29) is 5.91 Å². The van der Waals surface area contributed by atoms with Gasteiger partial charge in [-0.2, -0.15) is 5.10 Å². The quantitative estimate of drug-likeness (QED) is 0.674. The maximum absolute atomic E-state index is 11.7. The molecule has 2 aromatic rings. The normalized spacial score (nSPS) is 10.6. The van der Waals surface area contributed by atoms with E-state index in [9.17, 15) is 4.79 Å². The molecule has 1 heterocycles. The number of hydrogen-bond acceptors (Lipinski definition) is 4. The van der Waals surface area contributed by atoms with Crippen LogP contribution in [0.3, 0.4) is 0 Å². The van der Waals surface area contributed by atoms with Crippen molar-refractivity contribution in [3.05, 3.63) is 53.8 Å². The summed E-state index contributed by atoms with van der Waals surface area (Å²) in [7, 11) is 3.77. The van der Waals surface area contributed by atoms with Gasteiger partial charge in [-0.15, -0.1) is 0 Å². The van der Waals surface area contributed by atoms with Gasteiger partial charge in [0.15, 0.2) is 5.88 Å². The van der Waals surface area contributed by atoms with Crippen molar-refractivity contribution in [3.8, 4) is 0 Å². The lowest BCUT2D eigenvalue weighted by atomic mass is 10.2. The predicted octanol–water partition coefficient (Wildman–Crippen LogP) is 2.11. The monoisotopic (exact) mass is 257 g/mol. The number of nitrogens with one attached hydrogen (secondary N) is 1. The average molecular weight is 257 g/mol. The third kappa shape index (κ3) is 3.45. The van der Waals surface area contributed by atoms with Crippen LogP contribution < -0.4 is 10.3 Å². The topological polar surface area (TPSA) is 57.8 Å². The van der Waals surface area contributed by atoms with Crippen LogP contribution in [0.2, 0.25) is 0 Å². The molecule has 19 heavy (non-hydrogen) atoms. The molecule has 1 amide bonds. The minimum atomic E-state index is -0.253. The molecule has 98 valence electrons. The summed E-state index contributed by atoms with van der Waals surface area (Å²) in [6.45, 7) is 0. The Morgan fingerprint density at radius 3 is 2.58 bits per heavy atom. The Kier molecular flexibility index (Phi) is 3.97.